The average molecular weight is 264 g/mol. The van der Waals surface area contributed by atoms with E-state index in [0.29, 0.717) is 11.1 Å². The van der Waals surface area contributed by atoms with Crippen molar-refractivity contribution in [2.75, 3.05) is 0 Å². The van der Waals surface area contributed by atoms with Crippen LogP contribution in [0.25, 0.3) is 6.08 Å². The van der Waals surface area contributed by atoms with Gasteiger partial charge in [-0.2, -0.15) is 0 Å². The lowest BCUT2D eigenvalue weighted by atomic mass is 9.99. The third-order valence-corrected chi connectivity index (χ3v) is 2.52. The summed E-state index contributed by atoms with van der Waals surface area (Å²) in [5.74, 6) is -0.527. The molecule has 4 heteroatoms. The first-order valence-electron chi connectivity index (χ1n) is 4.21. The molecule has 0 aliphatic rings. The molecule has 0 spiro atoms. The normalized spacial score (nSPS) is 11.2. The molecule has 0 aromatic heterocycles. The molecule has 0 N–H and O–H groups in total. The van der Waals surface area contributed by atoms with Gasteiger partial charge >= 0.3 is 0 Å². The topological polar surface area (TPSA) is 17.1 Å². The van der Waals surface area contributed by atoms with Gasteiger partial charge in [-0.25, -0.2) is 0 Å². The van der Waals surface area contributed by atoms with E-state index in [-0.39, 0.29) is 0 Å². The molecule has 0 fully saturated rings. The Balaban J connectivity index is 3.36. The van der Waals surface area contributed by atoms with Crippen molar-refractivity contribution < 1.29 is 4.79 Å². The van der Waals surface area contributed by atoms with Crippen LogP contribution in [0.1, 0.15) is 21.5 Å². The molecule has 1 rings (SSSR count). The molecule has 0 saturated heterocycles. The van der Waals surface area contributed by atoms with Gasteiger partial charge in [-0.3, -0.25) is 4.79 Å². The molecule has 0 aliphatic carbocycles. The molecule has 0 unspecified atom stereocenters. The summed E-state index contributed by atoms with van der Waals surface area (Å²) in [4.78, 5) is 11.8. The van der Waals surface area contributed by atoms with Crippen molar-refractivity contribution in [1.29, 1.82) is 0 Å². The number of halogens is 3. The fourth-order valence-corrected chi connectivity index (χ4v) is 1.60. The Morgan fingerprint density at radius 3 is 2.47 bits per heavy atom. The molecule has 80 valence electrons. The molecule has 0 radical (unpaired) electrons. The number of ketones is 1. The third kappa shape index (κ3) is 2.75. The monoisotopic (exact) mass is 262 g/mol. The first-order chi connectivity index (χ1) is 6.88. The van der Waals surface area contributed by atoms with E-state index in [2.05, 4.69) is 6.58 Å². The van der Waals surface area contributed by atoms with Gasteiger partial charge in [0, 0.05) is 5.56 Å². The Hall–Kier alpha value is -0.500. The molecule has 15 heavy (non-hydrogen) atoms. The standard InChI is InChI=1S/C11H9Cl3O/c1-3-8-6-4-5-7(2)9(8)10(15)11(12,13)14/h3-6H,1H2,2H3. The van der Waals surface area contributed by atoms with Gasteiger partial charge in [0.25, 0.3) is 3.79 Å². The van der Waals surface area contributed by atoms with Gasteiger partial charge in [0.1, 0.15) is 0 Å². The Morgan fingerprint density at radius 2 is 2.00 bits per heavy atom. The van der Waals surface area contributed by atoms with E-state index in [0.717, 1.165) is 5.56 Å². The summed E-state index contributed by atoms with van der Waals surface area (Å²) in [7, 11) is 0. The van der Waals surface area contributed by atoms with Crippen LogP contribution in [-0.2, 0) is 0 Å². The predicted molar refractivity (Wildman–Crippen MR) is 65.9 cm³/mol. The molecule has 1 aromatic carbocycles. The van der Waals surface area contributed by atoms with Crippen molar-refractivity contribution in [3.63, 3.8) is 0 Å². The highest BCUT2D eigenvalue weighted by molar-refractivity contribution is 6.77. The number of carbonyl (C=O) groups is 1. The number of rotatable bonds is 2. The highest BCUT2D eigenvalue weighted by Crippen LogP contribution is 2.33. The van der Waals surface area contributed by atoms with Gasteiger partial charge in [0.05, 0.1) is 0 Å². The van der Waals surface area contributed by atoms with E-state index in [9.17, 15) is 4.79 Å². The van der Waals surface area contributed by atoms with Crippen LogP contribution in [0.2, 0.25) is 0 Å². The summed E-state index contributed by atoms with van der Waals surface area (Å²) in [6.07, 6.45) is 1.57. The maximum Gasteiger partial charge on any atom is 0.253 e. The Morgan fingerprint density at radius 1 is 1.40 bits per heavy atom. The highest BCUT2D eigenvalue weighted by atomic mass is 35.6. The largest absolute Gasteiger partial charge is 0.289 e. The van der Waals surface area contributed by atoms with Gasteiger partial charge < -0.3 is 0 Å². The lowest BCUT2D eigenvalue weighted by Gasteiger charge is -2.13. The van der Waals surface area contributed by atoms with Crippen molar-refractivity contribution >= 4 is 46.7 Å². The summed E-state index contributed by atoms with van der Waals surface area (Å²) in [5, 5.41) is 0. The Kier molecular flexibility index (Phi) is 3.82. The zero-order valence-corrected chi connectivity index (χ0v) is 10.3. The van der Waals surface area contributed by atoms with E-state index in [1.165, 1.54) is 0 Å². The van der Waals surface area contributed by atoms with Crippen molar-refractivity contribution in [2.24, 2.45) is 0 Å². The second-order valence-corrected chi connectivity index (χ2v) is 5.35. The number of hydrogen-bond acceptors (Lipinski definition) is 1. The minimum atomic E-state index is -1.93. The van der Waals surface area contributed by atoms with E-state index in [1.54, 1.807) is 25.1 Å². The Bertz CT molecular complexity index is 405. The molecule has 1 nitrogen and oxygen atoms in total. The maximum absolute atomic E-state index is 11.8. The van der Waals surface area contributed by atoms with Crippen molar-refractivity contribution in [1.82, 2.24) is 0 Å². The lowest BCUT2D eigenvalue weighted by Crippen LogP contribution is -2.21. The van der Waals surface area contributed by atoms with Crippen LogP contribution in [0.15, 0.2) is 24.8 Å². The van der Waals surface area contributed by atoms with E-state index < -0.39 is 9.58 Å². The maximum atomic E-state index is 11.8. The van der Waals surface area contributed by atoms with Gasteiger partial charge in [-0.05, 0) is 18.1 Å². The molecule has 0 bridgehead atoms. The summed E-state index contributed by atoms with van der Waals surface area (Å²) in [6.45, 7) is 5.40. The van der Waals surface area contributed by atoms with Crippen molar-refractivity contribution in [3.8, 4) is 0 Å². The van der Waals surface area contributed by atoms with Crippen LogP contribution in [0, 0.1) is 6.92 Å². The van der Waals surface area contributed by atoms with Crippen LogP contribution >= 0.6 is 34.8 Å². The molecule has 0 heterocycles. The van der Waals surface area contributed by atoms with Gasteiger partial charge in [0.15, 0.2) is 0 Å². The number of alkyl halides is 3. The number of benzene rings is 1. The summed E-state index contributed by atoms with van der Waals surface area (Å²) in [5.41, 5.74) is 1.85. The minimum absolute atomic E-state index is 0.410. The summed E-state index contributed by atoms with van der Waals surface area (Å²) >= 11 is 16.7. The fourth-order valence-electron chi connectivity index (χ4n) is 1.31. The molecule has 1 aromatic rings. The molecular formula is C11H9Cl3O. The van der Waals surface area contributed by atoms with Crippen LogP contribution in [0.4, 0.5) is 0 Å². The first kappa shape index (κ1) is 12.6. The number of aryl methyl sites for hydroxylation is 1. The molecule has 0 amide bonds. The second-order valence-electron chi connectivity index (χ2n) is 3.07. The zero-order valence-electron chi connectivity index (χ0n) is 8.06. The van der Waals surface area contributed by atoms with Crippen LogP contribution in [0.3, 0.4) is 0 Å². The minimum Gasteiger partial charge on any atom is -0.289 e. The Labute approximate surface area is 104 Å². The number of Topliss-reactive ketones (excluding diaryl/α,β-unsaturated/α-hetero) is 1. The molecule has 0 aliphatic heterocycles. The van der Waals surface area contributed by atoms with E-state index in [4.69, 9.17) is 34.8 Å². The smallest absolute Gasteiger partial charge is 0.253 e. The summed E-state index contributed by atoms with van der Waals surface area (Å²) in [6, 6.07) is 5.36. The predicted octanol–water partition coefficient (Wildman–Crippen LogP) is 4.19. The summed E-state index contributed by atoms with van der Waals surface area (Å²) < 4.78 is -1.93. The second kappa shape index (κ2) is 4.56. The lowest BCUT2D eigenvalue weighted by molar-refractivity contribution is 0.0995. The molecular weight excluding hydrogens is 254 g/mol. The third-order valence-electron chi connectivity index (χ3n) is 2.01. The van der Waals surface area contributed by atoms with E-state index in [1.807, 2.05) is 6.07 Å². The zero-order chi connectivity index (χ0) is 11.6. The molecule has 0 atom stereocenters. The fraction of sp³-hybridized carbons (Fsp3) is 0.182. The highest BCUT2D eigenvalue weighted by Gasteiger charge is 2.33. The van der Waals surface area contributed by atoms with Crippen molar-refractivity contribution in [2.45, 2.75) is 10.7 Å². The quantitative estimate of drug-likeness (QED) is 0.577. The van der Waals surface area contributed by atoms with Crippen molar-refractivity contribution in [3.05, 3.63) is 41.5 Å². The van der Waals surface area contributed by atoms with Crippen LogP contribution in [0.5, 0.6) is 0 Å². The van der Waals surface area contributed by atoms with Gasteiger partial charge in [-0.1, -0.05) is 65.7 Å². The number of carbonyl (C=O) groups excluding carboxylic acids is 1. The van der Waals surface area contributed by atoms with Gasteiger partial charge in [0.2, 0.25) is 5.78 Å². The molecule has 0 saturated carbocycles. The van der Waals surface area contributed by atoms with Gasteiger partial charge in [-0.15, -0.1) is 0 Å². The SMILES string of the molecule is C=Cc1cccc(C)c1C(=O)C(Cl)(Cl)Cl. The first-order valence-corrected chi connectivity index (χ1v) is 5.35. The number of hydrogen-bond donors (Lipinski definition) is 0. The average Bonchev–Trinajstić information content (AvgIpc) is 2.15. The van der Waals surface area contributed by atoms with Crippen LogP contribution < -0.4 is 0 Å². The van der Waals surface area contributed by atoms with E-state index >= 15 is 0 Å². The van der Waals surface area contributed by atoms with Crippen LogP contribution in [-0.4, -0.2) is 9.58 Å².